The van der Waals surface area contributed by atoms with Crippen LogP contribution in [0, 0.1) is 54.1 Å². The van der Waals surface area contributed by atoms with Crippen molar-refractivity contribution >= 4 is 0 Å². The van der Waals surface area contributed by atoms with Gasteiger partial charge in [0.2, 0.25) is 0 Å². The molecule has 0 aliphatic heterocycles. The van der Waals surface area contributed by atoms with Gasteiger partial charge in [-0.05, 0) is 0 Å². The molecule has 2 rings (SSSR count). The molecule has 0 heterocycles. The maximum Gasteiger partial charge on any atom is 4.00 e. The summed E-state index contributed by atoms with van der Waals surface area (Å²) in [5, 5.41) is 0. The van der Waals surface area contributed by atoms with Gasteiger partial charge in [0.05, 0.1) is 0 Å². The molecule has 25 heavy (non-hydrogen) atoms. The maximum atomic E-state index is 3.52. The van der Waals surface area contributed by atoms with Gasteiger partial charge < -0.3 is 24.8 Å². The minimum absolute atomic E-state index is 0. The molecular formula is C22H34Cl2U. The van der Waals surface area contributed by atoms with Crippen molar-refractivity contribution in [3.05, 3.63) is 45.6 Å². The number of allylic oxidation sites excluding steroid dienone is 8. The summed E-state index contributed by atoms with van der Waals surface area (Å²) in [6, 6.07) is 0. The van der Waals surface area contributed by atoms with E-state index in [-0.39, 0.29) is 66.8 Å². The van der Waals surface area contributed by atoms with Crippen LogP contribution in [0.3, 0.4) is 0 Å². The topological polar surface area (TPSA) is 0 Å². The molecule has 0 aromatic rings. The van der Waals surface area contributed by atoms with Crippen LogP contribution in [0.25, 0.3) is 0 Å². The summed E-state index contributed by atoms with van der Waals surface area (Å²) in [6.07, 6.45) is 9.36. The first-order valence-corrected chi connectivity index (χ1v) is 8.62. The van der Waals surface area contributed by atoms with Gasteiger partial charge in [0.15, 0.2) is 0 Å². The molecule has 0 nitrogen and oxygen atoms in total. The van der Waals surface area contributed by atoms with Gasteiger partial charge >= 0.3 is 31.1 Å². The van der Waals surface area contributed by atoms with E-state index in [1.54, 1.807) is 0 Å². The van der Waals surface area contributed by atoms with Gasteiger partial charge in [0, 0.05) is 0 Å². The third-order valence-electron chi connectivity index (χ3n) is 6.25. The molecular weight excluding hydrogens is 573 g/mol. The summed E-state index contributed by atoms with van der Waals surface area (Å²) in [5.41, 5.74) is 9.01. The van der Waals surface area contributed by atoms with Gasteiger partial charge in [0.1, 0.15) is 0 Å². The predicted octanol–water partition coefficient (Wildman–Crippen LogP) is 1.01. The van der Waals surface area contributed by atoms with Gasteiger partial charge in [-0.2, -0.15) is 22.3 Å². The fraction of sp³-hybridized carbons (Fsp3) is 0.636. The Kier molecular flexibility index (Phi) is 13.9. The quantitative estimate of drug-likeness (QED) is 0.412. The monoisotopic (exact) mass is 606 g/mol. The van der Waals surface area contributed by atoms with E-state index in [4.69, 9.17) is 0 Å². The molecule has 0 saturated carbocycles. The van der Waals surface area contributed by atoms with E-state index in [2.05, 4.69) is 81.4 Å². The molecule has 0 bridgehead atoms. The SMILES string of the molecule is CCC1(C)[C-]=C(C)C(C)=C1C.CCC1(C)[C-]=C(C)C(C)=C1C.[Cl-].[Cl-].[U+4]. The molecule has 3 heteroatoms. The summed E-state index contributed by atoms with van der Waals surface area (Å²) in [7, 11) is 0. The van der Waals surface area contributed by atoms with Crippen LogP contribution in [-0.2, 0) is 0 Å². The first kappa shape index (κ1) is 30.3. The summed E-state index contributed by atoms with van der Waals surface area (Å²) in [5.74, 6) is 0. The second-order valence-electron chi connectivity index (χ2n) is 7.37. The van der Waals surface area contributed by atoms with Crippen LogP contribution in [0.4, 0.5) is 0 Å². The normalized spacial score (nSPS) is 27.4. The Morgan fingerprint density at radius 1 is 0.640 bits per heavy atom. The van der Waals surface area contributed by atoms with Crippen LogP contribution in [0.15, 0.2) is 33.4 Å². The third kappa shape index (κ3) is 6.31. The Balaban J connectivity index is -0.000000346. The Labute approximate surface area is 193 Å². The Morgan fingerprint density at radius 3 is 0.960 bits per heavy atom. The zero-order valence-corrected chi connectivity index (χ0v) is 23.3. The van der Waals surface area contributed by atoms with Crippen molar-refractivity contribution in [3.8, 4) is 0 Å². The zero-order valence-electron chi connectivity index (χ0n) is 17.7. The van der Waals surface area contributed by atoms with Crippen LogP contribution >= 0.6 is 0 Å². The molecule has 0 fully saturated rings. The smallest absolute Gasteiger partial charge is 1.00 e. The molecule has 2 unspecified atom stereocenters. The van der Waals surface area contributed by atoms with Crippen LogP contribution in [-0.4, -0.2) is 0 Å². The van der Waals surface area contributed by atoms with E-state index < -0.39 is 0 Å². The van der Waals surface area contributed by atoms with Gasteiger partial charge in [-0.1, -0.05) is 79.1 Å². The number of halogens is 2. The van der Waals surface area contributed by atoms with E-state index in [0.717, 1.165) is 12.8 Å². The molecule has 2 aliphatic carbocycles. The maximum absolute atomic E-state index is 3.52. The van der Waals surface area contributed by atoms with E-state index in [9.17, 15) is 0 Å². The Hall–Kier alpha value is 0.592. The fourth-order valence-electron chi connectivity index (χ4n) is 3.30. The van der Waals surface area contributed by atoms with Gasteiger partial charge in [-0.25, -0.2) is 11.1 Å². The first-order valence-electron chi connectivity index (χ1n) is 8.62. The summed E-state index contributed by atoms with van der Waals surface area (Å²) < 4.78 is 0. The minimum Gasteiger partial charge on any atom is -1.00 e. The Morgan fingerprint density at radius 2 is 0.880 bits per heavy atom. The fourth-order valence-corrected chi connectivity index (χ4v) is 3.30. The van der Waals surface area contributed by atoms with E-state index in [1.807, 2.05) is 0 Å². The van der Waals surface area contributed by atoms with Crippen molar-refractivity contribution in [1.29, 1.82) is 0 Å². The number of hydrogen-bond donors (Lipinski definition) is 0. The second kappa shape index (κ2) is 11.4. The zero-order chi connectivity index (χ0) is 17.3. The molecule has 0 radical (unpaired) electrons. The van der Waals surface area contributed by atoms with Gasteiger partial charge in [-0.3, -0.25) is 12.2 Å². The second-order valence-corrected chi connectivity index (χ2v) is 7.37. The van der Waals surface area contributed by atoms with Crippen molar-refractivity contribution in [3.63, 3.8) is 0 Å². The van der Waals surface area contributed by atoms with Crippen molar-refractivity contribution in [2.45, 2.75) is 82.1 Å². The van der Waals surface area contributed by atoms with Crippen molar-refractivity contribution in [2.24, 2.45) is 10.8 Å². The summed E-state index contributed by atoms with van der Waals surface area (Å²) in [4.78, 5) is 0. The molecule has 0 aromatic carbocycles. The number of hydrogen-bond acceptors (Lipinski definition) is 0. The van der Waals surface area contributed by atoms with Crippen molar-refractivity contribution < 1.29 is 55.9 Å². The minimum atomic E-state index is 0. The molecule has 0 N–H and O–H groups in total. The van der Waals surface area contributed by atoms with Crippen molar-refractivity contribution in [2.75, 3.05) is 0 Å². The molecule has 0 spiro atoms. The molecule has 0 aromatic heterocycles. The van der Waals surface area contributed by atoms with Crippen LogP contribution in [0.5, 0.6) is 0 Å². The summed E-state index contributed by atoms with van der Waals surface area (Å²) in [6.45, 7) is 22.1. The van der Waals surface area contributed by atoms with Crippen LogP contribution in [0.2, 0.25) is 0 Å². The van der Waals surface area contributed by atoms with E-state index in [1.165, 1.54) is 33.4 Å². The third-order valence-corrected chi connectivity index (χ3v) is 6.25. The van der Waals surface area contributed by atoms with Crippen LogP contribution < -0.4 is 24.8 Å². The standard InChI is InChI=1S/2C11H17.2ClH.U/c2*1-6-11(5)7-8(2)9(3)10(11)4;;;/h2*6H2,1-5H3;2*1H;/q2*-1;;;+4/p-2. The average Bonchev–Trinajstić information content (AvgIpc) is 2.81. The van der Waals surface area contributed by atoms with E-state index in [0.29, 0.717) is 0 Å². The largest absolute Gasteiger partial charge is 4.00 e. The molecule has 140 valence electrons. The van der Waals surface area contributed by atoms with E-state index >= 15 is 0 Å². The summed E-state index contributed by atoms with van der Waals surface area (Å²) >= 11 is 0. The molecule has 0 amide bonds. The van der Waals surface area contributed by atoms with Crippen molar-refractivity contribution in [1.82, 2.24) is 0 Å². The molecule has 2 aliphatic rings. The predicted molar refractivity (Wildman–Crippen MR) is 98.4 cm³/mol. The molecule has 2 atom stereocenters. The average molecular weight is 607 g/mol. The molecule has 0 saturated heterocycles. The number of rotatable bonds is 2. The van der Waals surface area contributed by atoms with Gasteiger partial charge in [0.25, 0.3) is 0 Å². The first-order chi connectivity index (χ1) is 10.0. The van der Waals surface area contributed by atoms with Crippen LogP contribution in [0.1, 0.15) is 82.1 Å². The Bertz CT molecular complexity index is 529. The van der Waals surface area contributed by atoms with Gasteiger partial charge in [-0.15, -0.1) is 13.8 Å².